The highest BCUT2D eigenvalue weighted by Crippen LogP contribution is 2.16. The van der Waals surface area contributed by atoms with Crippen LogP contribution in [-0.2, 0) is 11.3 Å². The lowest BCUT2D eigenvalue weighted by Gasteiger charge is -2.32. The molecule has 0 radical (unpaired) electrons. The van der Waals surface area contributed by atoms with Gasteiger partial charge >= 0.3 is 0 Å². The lowest BCUT2D eigenvalue weighted by Crippen LogP contribution is -3.13. The van der Waals surface area contributed by atoms with E-state index in [9.17, 15) is 14.9 Å². The third-order valence-electron chi connectivity index (χ3n) is 4.69. The summed E-state index contributed by atoms with van der Waals surface area (Å²) >= 11 is 5.92. The molecular formula is C19H22ClN4O3+. The number of anilines is 1. The average molecular weight is 390 g/mol. The number of hydrogen-bond acceptors (Lipinski definition) is 4. The number of nitrogens with one attached hydrogen (secondary N) is 2. The third-order valence-corrected chi connectivity index (χ3v) is 4.94. The summed E-state index contributed by atoms with van der Waals surface area (Å²) in [6.45, 7) is 4.26. The molecule has 0 aliphatic carbocycles. The van der Waals surface area contributed by atoms with Crippen LogP contribution >= 0.6 is 11.6 Å². The number of amides is 1. The van der Waals surface area contributed by atoms with E-state index < -0.39 is 4.92 Å². The van der Waals surface area contributed by atoms with E-state index in [1.165, 1.54) is 22.6 Å². The normalized spacial score (nSPS) is 14.8. The first-order valence-electron chi connectivity index (χ1n) is 8.85. The van der Waals surface area contributed by atoms with E-state index in [0.29, 0.717) is 18.8 Å². The van der Waals surface area contributed by atoms with Crippen molar-refractivity contribution in [2.75, 3.05) is 38.0 Å². The molecule has 1 amide bonds. The summed E-state index contributed by atoms with van der Waals surface area (Å²) in [5, 5.41) is 14.5. The average Bonchev–Trinajstić information content (AvgIpc) is 2.68. The summed E-state index contributed by atoms with van der Waals surface area (Å²) in [4.78, 5) is 26.0. The molecule has 1 aliphatic heterocycles. The van der Waals surface area contributed by atoms with E-state index in [1.54, 1.807) is 12.1 Å². The largest absolute Gasteiger partial charge is 0.376 e. The minimum absolute atomic E-state index is 0.00635. The standard InChI is InChI=1S/C19H21ClN4O3/c20-16-6-4-15(5-7-16)14-22-8-10-23(11-9-22)19(25)13-21-17-2-1-3-18(12-17)24(26)27/h1-7,12,21H,8-11,13-14H2/p+1. The molecule has 27 heavy (non-hydrogen) atoms. The van der Waals surface area contributed by atoms with E-state index in [4.69, 9.17) is 11.6 Å². The summed E-state index contributed by atoms with van der Waals surface area (Å²) in [5.74, 6) is 0.00653. The summed E-state index contributed by atoms with van der Waals surface area (Å²) in [7, 11) is 0. The monoisotopic (exact) mass is 389 g/mol. The van der Waals surface area contributed by atoms with Crippen molar-refractivity contribution < 1.29 is 14.6 Å². The topological polar surface area (TPSA) is 79.9 Å². The van der Waals surface area contributed by atoms with Crippen LogP contribution in [0.1, 0.15) is 5.56 Å². The number of nitro benzene ring substituents is 1. The Hall–Kier alpha value is -2.64. The zero-order chi connectivity index (χ0) is 19.2. The fourth-order valence-electron chi connectivity index (χ4n) is 3.16. The zero-order valence-corrected chi connectivity index (χ0v) is 15.6. The van der Waals surface area contributed by atoms with Crippen LogP contribution in [0.4, 0.5) is 11.4 Å². The Kier molecular flexibility index (Phi) is 6.26. The highest BCUT2D eigenvalue weighted by atomic mass is 35.5. The maximum atomic E-state index is 12.4. The fraction of sp³-hybridized carbons (Fsp3) is 0.316. The SMILES string of the molecule is O=C(CNc1cccc([N+](=O)[O-])c1)N1CC[NH+](Cc2ccc(Cl)cc2)CC1. The molecule has 0 spiro atoms. The number of quaternary nitrogens is 1. The van der Waals surface area contributed by atoms with Gasteiger partial charge in [-0.3, -0.25) is 14.9 Å². The van der Waals surface area contributed by atoms with E-state index in [0.717, 1.165) is 24.7 Å². The maximum absolute atomic E-state index is 12.4. The van der Waals surface area contributed by atoms with Gasteiger partial charge in [0.2, 0.25) is 5.91 Å². The van der Waals surface area contributed by atoms with Crippen molar-refractivity contribution in [1.82, 2.24) is 4.90 Å². The van der Waals surface area contributed by atoms with Crippen LogP contribution in [0.5, 0.6) is 0 Å². The van der Waals surface area contributed by atoms with Crippen molar-refractivity contribution in [3.8, 4) is 0 Å². The Morgan fingerprint density at radius 3 is 2.56 bits per heavy atom. The van der Waals surface area contributed by atoms with Gasteiger partial charge in [-0.15, -0.1) is 0 Å². The van der Waals surface area contributed by atoms with Crippen LogP contribution < -0.4 is 10.2 Å². The first-order valence-corrected chi connectivity index (χ1v) is 9.23. The first kappa shape index (κ1) is 19.1. The zero-order valence-electron chi connectivity index (χ0n) is 14.9. The van der Waals surface area contributed by atoms with Gasteiger partial charge in [-0.05, 0) is 18.2 Å². The van der Waals surface area contributed by atoms with Gasteiger partial charge in [-0.25, -0.2) is 0 Å². The molecule has 0 aromatic heterocycles. The van der Waals surface area contributed by atoms with Crippen LogP contribution in [0.3, 0.4) is 0 Å². The van der Waals surface area contributed by atoms with Crippen molar-refractivity contribution in [2.45, 2.75) is 6.54 Å². The highest BCUT2D eigenvalue weighted by molar-refractivity contribution is 6.30. The first-order chi connectivity index (χ1) is 13.0. The molecule has 0 atom stereocenters. The number of carbonyl (C=O) groups is 1. The molecule has 2 aromatic carbocycles. The van der Waals surface area contributed by atoms with Gasteiger partial charge in [0.1, 0.15) is 6.54 Å². The van der Waals surface area contributed by atoms with Crippen LogP contribution in [0, 0.1) is 10.1 Å². The van der Waals surface area contributed by atoms with Crippen molar-refractivity contribution in [3.63, 3.8) is 0 Å². The number of hydrogen-bond donors (Lipinski definition) is 2. The third kappa shape index (κ3) is 5.42. The molecule has 2 aromatic rings. The van der Waals surface area contributed by atoms with Gasteiger partial charge in [0, 0.05) is 28.4 Å². The smallest absolute Gasteiger partial charge is 0.271 e. The van der Waals surface area contributed by atoms with E-state index in [1.807, 2.05) is 29.2 Å². The van der Waals surface area contributed by atoms with Crippen LogP contribution in [0.25, 0.3) is 0 Å². The van der Waals surface area contributed by atoms with Crippen molar-refractivity contribution in [3.05, 3.63) is 69.2 Å². The maximum Gasteiger partial charge on any atom is 0.271 e. The summed E-state index contributed by atoms with van der Waals surface area (Å²) < 4.78 is 0. The van der Waals surface area contributed by atoms with Gasteiger partial charge in [0.05, 0.1) is 37.6 Å². The summed E-state index contributed by atoms with van der Waals surface area (Å²) in [5.41, 5.74) is 1.82. The second kappa shape index (κ2) is 8.83. The fourth-order valence-corrected chi connectivity index (χ4v) is 3.28. The molecule has 0 saturated carbocycles. The van der Waals surface area contributed by atoms with E-state index >= 15 is 0 Å². The Labute approximate surface area is 162 Å². The molecule has 1 saturated heterocycles. The molecule has 8 heteroatoms. The van der Waals surface area contributed by atoms with Crippen molar-refractivity contribution in [1.29, 1.82) is 0 Å². The number of carbonyl (C=O) groups excluding carboxylic acids is 1. The molecule has 2 N–H and O–H groups in total. The lowest BCUT2D eigenvalue weighted by atomic mass is 10.2. The Bertz CT molecular complexity index is 805. The van der Waals surface area contributed by atoms with Crippen molar-refractivity contribution in [2.24, 2.45) is 0 Å². The van der Waals surface area contributed by atoms with Gasteiger partial charge in [0.25, 0.3) is 5.69 Å². The van der Waals surface area contributed by atoms with E-state index in [-0.39, 0.29) is 18.1 Å². The van der Waals surface area contributed by atoms with Gasteiger partial charge in [-0.2, -0.15) is 0 Å². The molecular weight excluding hydrogens is 368 g/mol. The molecule has 1 heterocycles. The number of nitrogens with zero attached hydrogens (tertiary/aromatic N) is 2. The van der Waals surface area contributed by atoms with Gasteiger partial charge < -0.3 is 15.1 Å². The minimum atomic E-state index is -0.449. The predicted octanol–water partition coefficient (Wildman–Crippen LogP) is 1.59. The molecule has 0 bridgehead atoms. The molecule has 1 aliphatic rings. The lowest BCUT2D eigenvalue weighted by molar-refractivity contribution is -0.917. The Morgan fingerprint density at radius 2 is 1.89 bits per heavy atom. The second-order valence-corrected chi connectivity index (χ2v) is 7.03. The van der Waals surface area contributed by atoms with Gasteiger partial charge in [-0.1, -0.05) is 29.8 Å². The van der Waals surface area contributed by atoms with E-state index in [2.05, 4.69) is 5.32 Å². The number of halogens is 1. The molecule has 142 valence electrons. The summed E-state index contributed by atoms with van der Waals surface area (Å²) in [6.07, 6.45) is 0. The van der Waals surface area contributed by atoms with Crippen molar-refractivity contribution >= 4 is 28.9 Å². The Balaban J connectivity index is 1.45. The van der Waals surface area contributed by atoms with Gasteiger partial charge in [0.15, 0.2) is 0 Å². The minimum Gasteiger partial charge on any atom is -0.376 e. The quantitative estimate of drug-likeness (QED) is 0.580. The molecule has 3 rings (SSSR count). The number of rotatable bonds is 6. The molecule has 1 fully saturated rings. The predicted molar refractivity (Wildman–Crippen MR) is 104 cm³/mol. The number of piperazine rings is 1. The summed E-state index contributed by atoms with van der Waals surface area (Å²) in [6, 6.07) is 14.0. The number of non-ortho nitro benzene ring substituents is 1. The van der Waals surface area contributed by atoms with Crippen LogP contribution in [0.2, 0.25) is 5.02 Å². The van der Waals surface area contributed by atoms with Crippen LogP contribution in [0.15, 0.2) is 48.5 Å². The molecule has 7 nitrogen and oxygen atoms in total. The Morgan fingerprint density at radius 1 is 1.19 bits per heavy atom. The van der Waals surface area contributed by atoms with Crippen LogP contribution in [-0.4, -0.2) is 48.5 Å². The second-order valence-electron chi connectivity index (χ2n) is 6.60. The number of nitro groups is 1. The number of benzene rings is 2. The molecule has 0 unspecified atom stereocenters. The highest BCUT2D eigenvalue weighted by Gasteiger charge is 2.23.